The highest BCUT2D eigenvalue weighted by atomic mass is 16.7. The molecule has 0 bridgehead atoms. The van der Waals surface area contributed by atoms with Crippen molar-refractivity contribution in [1.29, 1.82) is 0 Å². The Hall–Kier alpha value is -4.88. The number of aliphatic hydroxyl groups excluding tert-OH is 2. The highest BCUT2D eigenvalue weighted by Gasteiger charge is 2.50. The minimum Gasteiger partial charge on any atom is -0.479 e. The van der Waals surface area contributed by atoms with Gasteiger partial charge in [0.25, 0.3) is 0 Å². The summed E-state index contributed by atoms with van der Waals surface area (Å²) in [5.74, 6) is -3.20. The minimum absolute atomic E-state index is 0.0313. The number of hydrogen-bond donors (Lipinski definition) is 3. The molecule has 0 saturated carbocycles. The number of carboxylic acid groups (broad SMARTS) is 1. The van der Waals surface area contributed by atoms with Crippen molar-refractivity contribution in [2.45, 2.75) is 289 Å². The van der Waals surface area contributed by atoms with Crippen LogP contribution in [0.5, 0.6) is 0 Å². The minimum atomic E-state index is -1.92. The standard InChI is InChI=1S/C71H114O12/c1-4-7-10-13-16-19-22-25-28-30-32-34-37-39-42-45-48-51-54-57-63(72)79-60-62(81-64(73)58-55-52-49-46-43-41-38-35-33-31-29-26-23-20-17-14-11-8-5-2)61-80-71-69(67(76)66(75)68(83-71)70(77)78)82-65(74)59-56-53-50-47-44-40-36-27-24-21-18-15-12-9-6-3/h7,9-10,12,16-21,25-29,32,34,36,39,42,62,66-69,71,75-76H,4-6,8,11,13-15,22-24,30-31,33,35,37-38,40-41,43-61H2,1-3H3,(H,77,78)/b10-7-,12-9-,19-16-,20-17-,21-18-,28-25-,29-26-,34-32-,36-27-,42-39-. The zero-order valence-corrected chi connectivity index (χ0v) is 51.9. The molecule has 0 spiro atoms. The second kappa shape index (κ2) is 57.5. The third kappa shape index (κ3) is 47.1. The molecule has 1 rings (SSSR count). The van der Waals surface area contributed by atoms with E-state index in [0.29, 0.717) is 19.3 Å². The first-order valence-electron chi connectivity index (χ1n) is 32.5. The van der Waals surface area contributed by atoms with Gasteiger partial charge in [0.15, 0.2) is 24.6 Å². The molecule has 3 N–H and O–H groups in total. The Morgan fingerprint density at radius 2 is 0.759 bits per heavy atom. The largest absolute Gasteiger partial charge is 0.479 e. The second-order valence-electron chi connectivity index (χ2n) is 21.6. The maximum atomic E-state index is 13.2. The van der Waals surface area contributed by atoms with Gasteiger partial charge in [0, 0.05) is 19.3 Å². The predicted molar refractivity (Wildman–Crippen MR) is 340 cm³/mol. The molecule has 0 aromatic rings. The molecular weight excluding hydrogens is 1040 g/mol. The summed E-state index contributed by atoms with van der Waals surface area (Å²) in [5, 5.41) is 31.6. The average molecular weight is 1160 g/mol. The van der Waals surface area contributed by atoms with Crippen molar-refractivity contribution >= 4 is 23.9 Å². The smallest absolute Gasteiger partial charge is 0.335 e. The molecule has 470 valence electrons. The second-order valence-corrected chi connectivity index (χ2v) is 21.6. The zero-order chi connectivity index (χ0) is 60.3. The fraction of sp³-hybridized carbons (Fsp3) is 0.662. The third-order valence-electron chi connectivity index (χ3n) is 14.0. The molecule has 1 heterocycles. The van der Waals surface area contributed by atoms with Gasteiger partial charge in [0.2, 0.25) is 0 Å². The number of ether oxygens (including phenoxy) is 5. The van der Waals surface area contributed by atoms with Crippen LogP contribution in [0.3, 0.4) is 0 Å². The van der Waals surface area contributed by atoms with Crippen LogP contribution in [0, 0.1) is 0 Å². The number of carbonyl (C=O) groups excluding carboxylic acids is 3. The number of unbranched alkanes of at least 4 members (excludes halogenated alkanes) is 20. The molecule has 0 aliphatic carbocycles. The molecule has 12 nitrogen and oxygen atoms in total. The van der Waals surface area contributed by atoms with Crippen LogP contribution in [0.2, 0.25) is 0 Å². The van der Waals surface area contributed by atoms with Gasteiger partial charge in [-0.3, -0.25) is 14.4 Å². The van der Waals surface area contributed by atoms with E-state index in [4.69, 9.17) is 23.7 Å². The number of esters is 3. The van der Waals surface area contributed by atoms with Crippen LogP contribution in [-0.2, 0) is 42.9 Å². The summed E-state index contributed by atoms with van der Waals surface area (Å²) in [6, 6.07) is 0. The molecule has 83 heavy (non-hydrogen) atoms. The van der Waals surface area contributed by atoms with Gasteiger partial charge in [0.1, 0.15) is 18.8 Å². The first-order chi connectivity index (χ1) is 40.6. The lowest BCUT2D eigenvalue weighted by Gasteiger charge is -2.40. The summed E-state index contributed by atoms with van der Waals surface area (Å²) in [7, 11) is 0. The molecule has 1 saturated heterocycles. The van der Waals surface area contributed by atoms with Crippen molar-refractivity contribution in [3.05, 3.63) is 122 Å². The van der Waals surface area contributed by atoms with E-state index in [1.165, 1.54) is 51.4 Å². The number of aliphatic carboxylic acids is 1. The molecule has 0 radical (unpaired) electrons. The van der Waals surface area contributed by atoms with Crippen LogP contribution in [0.1, 0.15) is 252 Å². The van der Waals surface area contributed by atoms with Gasteiger partial charge >= 0.3 is 23.9 Å². The van der Waals surface area contributed by atoms with Crippen LogP contribution in [-0.4, -0.2) is 89.2 Å². The maximum absolute atomic E-state index is 13.2. The summed E-state index contributed by atoms with van der Waals surface area (Å²) < 4.78 is 28.5. The molecular formula is C71H114O12. The monoisotopic (exact) mass is 1160 g/mol. The van der Waals surface area contributed by atoms with Crippen molar-refractivity contribution in [2.24, 2.45) is 0 Å². The predicted octanol–water partition coefficient (Wildman–Crippen LogP) is 17.6. The van der Waals surface area contributed by atoms with Gasteiger partial charge in [-0.1, -0.05) is 226 Å². The van der Waals surface area contributed by atoms with Gasteiger partial charge in [0.05, 0.1) is 6.61 Å². The Kier molecular flexibility index (Phi) is 52.8. The van der Waals surface area contributed by atoms with Crippen molar-refractivity contribution in [1.82, 2.24) is 0 Å². The summed E-state index contributed by atoms with van der Waals surface area (Å²) in [4.78, 5) is 51.4. The molecule has 0 aromatic carbocycles. The van der Waals surface area contributed by atoms with Crippen LogP contribution in [0.15, 0.2) is 122 Å². The fourth-order valence-corrected chi connectivity index (χ4v) is 9.09. The lowest BCUT2D eigenvalue weighted by Crippen LogP contribution is -2.61. The molecule has 1 aliphatic heterocycles. The van der Waals surface area contributed by atoms with E-state index in [9.17, 15) is 34.5 Å². The van der Waals surface area contributed by atoms with Crippen molar-refractivity contribution < 1.29 is 58.2 Å². The number of carboxylic acids is 1. The molecule has 0 amide bonds. The fourth-order valence-electron chi connectivity index (χ4n) is 9.09. The number of rotatable bonds is 54. The highest BCUT2D eigenvalue weighted by Crippen LogP contribution is 2.26. The third-order valence-corrected chi connectivity index (χ3v) is 14.0. The number of aliphatic hydroxyl groups is 2. The van der Waals surface area contributed by atoms with Gasteiger partial charge in [-0.2, -0.15) is 0 Å². The quantitative estimate of drug-likeness (QED) is 0.0228. The molecule has 6 atom stereocenters. The highest BCUT2D eigenvalue weighted by molar-refractivity contribution is 5.74. The SMILES string of the molecule is CC/C=C\C/C=C\C/C=C\C/C=C\C/C=C\CCCCCC(=O)OCC(COC1OC(C(=O)O)C(O)C(O)C1OC(=O)CCCCCCC/C=C\C/C=C\C/C=C\CC)OC(=O)CCCCCCCCCCC/C=C\C/C=C\CCCCC. The van der Waals surface area contributed by atoms with Crippen LogP contribution >= 0.6 is 0 Å². The Bertz CT molecular complexity index is 1900. The lowest BCUT2D eigenvalue weighted by molar-refractivity contribution is -0.301. The summed E-state index contributed by atoms with van der Waals surface area (Å²) in [6.07, 6.45) is 67.2. The van der Waals surface area contributed by atoms with E-state index in [-0.39, 0.29) is 25.9 Å². The van der Waals surface area contributed by atoms with Gasteiger partial charge in [-0.25, -0.2) is 4.79 Å². The van der Waals surface area contributed by atoms with E-state index < -0.39 is 67.3 Å². The summed E-state index contributed by atoms with van der Waals surface area (Å²) in [5.41, 5.74) is 0. The van der Waals surface area contributed by atoms with E-state index in [2.05, 4.69) is 142 Å². The zero-order valence-electron chi connectivity index (χ0n) is 51.9. The maximum Gasteiger partial charge on any atom is 0.335 e. The Morgan fingerprint density at radius 3 is 1.17 bits per heavy atom. The van der Waals surface area contributed by atoms with Gasteiger partial charge in [-0.15, -0.1) is 0 Å². The van der Waals surface area contributed by atoms with Crippen LogP contribution in [0.25, 0.3) is 0 Å². The normalized spacial score (nSPS) is 18.4. The van der Waals surface area contributed by atoms with E-state index >= 15 is 0 Å². The Labute approximate surface area is 503 Å². The first-order valence-corrected chi connectivity index (χ1v) is 32.5. The molecule has 6 unspecified atom stereocenters. The van der Waals surface area contributed by atoms with Crippen molar-refractivity contribution in [2.75, 3.05) is 13.2 Å². The lowest BCUT2D eigenvalue weighted by atomic mass is 9.98. The van der Waals surface area contributed by atoms with E-state index in [0.717, 1.165) is 141 Å². The molecule has 1 fully saturated rings. The molecule has 1 aliphatic rings. The molecule has 12 heteroatoms. The first kappa shape index (κ1) is 76.1. The van der Waals surface area contributed by atoms with Crippen molar-refractivity contribution in [3.63, 3.8) is 0 Å². The number of allylic oxidation sites excluding steroid dienone is 20. The van der Waals surface area contributed by atoms with Gasteiger partial charge < -0.3 is 39.0 Å². The summed E-state index contributed by atoms with van der Waals surface area (Å²) >= 11 is 0. The number of carbonyl (C=O) groups is 4. The van der Waals surface area contributed by atoms with E-state index in [1.807, 2.05) is 0 Å². The van der Waals surface area contributed by atoms with Gasteiger partial charge in [-0.05, 0) is 128 Å². The Balaban J connectivity index is 2.70. The Morgan fingerprint density at radius 1 is 0.410 bits per heavy atom. The van der Waals surface area contributed by atoms with Crippen LogP contribution < -0.4 is 0 Å². The topological polar surface area (TPSA) is 175 Å². The van der Waals surface area contributed by atoms with Crippen LogP contribution in [0.4, 0.5) is 0 Å². The number of hydrogen-bond acceptors (Lipinski definition) is 11. The molecule has 0 aromatic heterocycles. The average Bonchev–Trinajstić information content (AvgIpc) is 3.58. The van der Waals surface area contributed by atoms with E-state index in [1.54, 1.807) is 0 Å². The van der Waals surface area contributed by atoms with Crippen molar-refractivity contribution in [3.8, 4) is 0 Å². The summed E-state index contributed by atoms with van der Waals surface area (Å²) in [6.45, 7) is 5.72.